The molecule has 0 aliphatic carbocycles. The smallest absolute Gasteiger partial charge is 0.410 e. The number of carbonyl (C=O) groups excluding carboxylic acids is 2. The molecule has 10 heteroatoms. The summed E-state index contributed by atoms with van der Waals surface area (Å²) in [7, 11) is 0. The van der Waals surface area contributed by atoms with E-state index in [1.54, 1.807) is 30.3 Å². The highest BCUT2D eigenvalue weighted by atomic mass is 19.4. The van der Waals surface area contributed by atoms with Gasteiger partial charge in [-0.1, -0.05) is 18.2 Å². The lowest BCUT2D eigenvalue weighted by Crippen LogP contribution is -2.40. The van der Waals surface area contributed by atoms with Crippen molar-refractivity contribution in [2.75, 3.05) is 26.2 Å². The molecule has 0 bridgehead atoms. The molecule has 3 rings (SSSR count). The highest BCUT2D eigenvalue weighted by Crippen LogP contribution is 2.28. The van der Waals surface area contributed by atoms with Gasteiger partial charge < -0.3 is 19.1 Å². The summed E-state index contributed by atoms with van der Waals surface area (Å²) >= 11 is 0. The molecule has 160 valence electrons. The fourth-order valence-corrected chi connectivity index (χ4v) is 3.07. The first-order chi connectivity index (χ1) is 14.2. The van der Waals surface area contributed by atoms with Crippen LogP contribution < -0.4 is 10.3 Å². The molecule has 0 N–H and O–H groups in total. The lowest BCUT2D eigenvalue weighted by molar-refractivity contribution is -0.138. The number of alkyl halides is 3. The zero-order chi connectivity index (χ0) is 21.7. The van der Waals surface area contributed by atoms with E-state index < -0.39 is 35.8 Å². The van der Waals surface area contributed by atoms with Gasteiger partial charge in [0.15, 0.2) is 0 Å². The van der Waals surface area contributed by atoms with Gasteiger partial charge in [0, 0.05) is 38.4 Å². The first-order valence-corrected chi connectivity index (χ1v) is 9.31. The molecule has 0 saturated carbocycles. The average Bonchev–Trinajstić information content (AvgIpc) is 2.96. The maximum absolute atomic E-state index is 12.9. The number of ether oxygens (including phenoxy) is 1. The summed E-state index contributed by atoms with van der Waals surface area (Å²) < 4.78 is 44.6. The van der Waals surface area contributed by atoms with Crippen molar-refractivity contribution >= 4 is 12.0 Å². The van der Waals surface area contributed by atoms with E-state index in [4.69, 9.17) is 4.74 Å². The van der Waals surface area contributed by atoms with E-state index in [9.17, 15) is 27.6 Å². The number of benzene rings is 1. The molecule has 0 radical (unpaired) electrons. The molecule has 1 saturated heterocycles. The van der Waals surface area contributed by atoms with Crippen LogP contribution in [0.15, 0.2) is 53.5 Å². The number of hydrogen-bond donors (Lipinski definition) is 0. The fraction of sp³-hybridized carbons (Fsp3) is 0.350. The van der Waals surface area contributed by atoms with E-state index >= 15 is 0 Å². The van der Waals surface area contributed by atoms with Crippen LogP contribution in [-0.4, -0.2) is 52.5 Å². The molecule has 0 atom stereocenters. The molecule has 2 amide bonds. The third kappa shape index (κ3) is 5.40. The Morgan fingerprint density at radius 3 is 2.30 bits per heavy atom. The topological polar surface area (TPSA) is 71.9 Å². The molecular formula is C20H20F3N3O4. The number of carbonyl (C=O) groups is 2. The van der Waals surface area contributed by atoms with E-state index in [0.717, 1.165) is 10.6 Å². The van der Waals surface area contributed by atoms with Gasteiger partial charge >= 0.3 is 12.3 Å². The summed E-state index contributed by atoms with van der Waals surface area (Å²) in [5.74, 6) is -0.0849. The van der Waals surface area contributed by atoms with E-state index in [0.29, 0.717) is 37.5 Å². The van der Waals surface area contributed by atoms with Crippen LogP contribution >= 0.6 is 0 Å². The summed E-state index contributed by atoms with van der Waals surface area (Å²) in [5, 5.41) is 0. The number of halogens is 3. The van der Waals surface area contributed by atoms with Crippen molar-refractivity contribution in [3.8, 4) is 5.75 Å². The van der Waals surface area contributed by atoms with E-state index in [-0.39, 0.29) is 13.1 Å². The minimum absolute atomic E-state index is 0.191. The number of nitrogens with zero attached hydrogens (tertiary/aromatic N) is 3. The zero-order valence-corrected chi connectivity index (χ0v) is 16.0. The molecule has 1 aliphatic heterocycles. The number of para-hydroxylation sites is 1. The minimum Gasteiger partial charge on any atom is -0.410 e. The first-order valence-electron chi connectivity index (χ1n) is 9.31. The number of pyridine rings is 1. The van der Waals surface area contributed by atoms with Crippen LogP contribution in [0.2, 0.25) is 0 Å². The Hall–Kier alpha value is -3.30. The monoisotopic (exact) mass is 423 g/mol. The lowest BCUT2D eigenvalue weighted by Gasteiger charge is -2.22. The Balaban J connectivity index is 1.61. The average molecular weight is 423 g/mol. The molecule has 1 aromatic carbocycles. The van der Waals surface area contributed by atoms with Crippen molar-refractivity contribution in [1.29, 1.82) is 0 Å². The minimum atomic E-state index is -4.61. The second-order valence-corrected chi connectivity index (χ2v) is 6.78. The van der Waals surface area contributed by atoms with E-state index in [1.807, 2.05) is 0 Å². The van der Waals surface area contributed by atoms with Crippen LogP contribution in [-0.2, 0) is 17.5 Å². The molecule has 7 nitrogen and oxygen atoms in total. The van der Waals surface area contributed by atoms with Gasteiger partial charge in [-0.2, -0.15) is 13.2 Å². The highest BCUT2D eigenvalue weighted by Gasteiger charge is 2.31. The summed E-state index contributed by atoms with van der Waals surface area (Å²) in [6, 6.07) is 10.0. The zero-order valence-electron chi connectivity index (χ0n) is 16.0. The fourth-order valence-electron chi connectivity index (χ4n) is 3.07. The van der Waals surface area contributed by atoms with Crippen LogP contribution in [0.1, 0.15) is 12.0 Å². The Labute approximate surface area is 170 Å². The van der Waals surface area contributed by atoms with Gasteiger partial charge in [-0.3, -0.25) is 9.59 Å². The maximum Gasteiger partial charge on any atom is 0.417 e. The Kier molecular flexibility index (Phi) is 6.43. The molecule has 2 heterocycles. The summed E-state index contributed by atoms with van der Waals surface area (Å²) in [6.45, 7) is 0.600. The molecule has 1 fully saturated rings. The SMILES string of the molecule is O=C(Cn1cc(C(F)(F)F)ccc1=O)N1CCCN(C(=O)Oc2ccccc2)CC1. The van der Waals surface area contributed by atoms with Crippen LogP contribution in [0.5, 0.6) is 5.75 Å². The van der Waals surface area contributed by atoms with Gasteiger partial charge in [-0.15, -0.1) is 0 Å². The summed E-state index contributed by atoms with van der Waals surface area (Å²) in [4.78, 5) is 39.6. The van der Waals surface area contributed by atoms with Crippen LogP contribution in [0, 0.1) is 0 Å². The quantitative estimate of drug-likeness (QED) is 0.761. The van der Waals surface area contributed by atoms with Crippen molar-refractivity contribution < 1.29 is 27.5 Å². The van der Waals surface area contributed by atoms with Gasteiger partial charge in [0.1, 0.15) is 12.3 Å². The molecule has 0 unspecified atom stereocenters. The van der Waals surface area contributed by atoms with Gasteiger partial charge in [0.2, 0.25) is 5.91 Å². The highest BCUT2D eigenvalue weighted by molar-refractivity contribution is 5.76. The van der Waals surface area contributed by atoms with E-state index in [1.165, 1.54) is 9.80 Å². The maximum atomic E-state index is 12.9. The molecule has 0 spiro atoms. The first kappa shape index (κ1) is 21.4. The standard InChI is InChI=1S/C20H20F3N3O4/c21-20(22,23)15-7-8-17(27)26(13-15)14-18(28)24-9-4-10-25(12-11-24)19(29)30-16-5-2-1-3-6-16/h1-3,5-8,13H,4,9-12,14H2. The van der Waals surface area contributed by atoms with Gasteiger partial charge in [0.05, 0.1) is 5.56 Å². The van der Waals surface area contributed by atoms with Crippen LogP contribution in [0.4, 0.5) is 18.0 Å². The molecule has 30 heavy (non-hydrogen) atoms. The second-order valence-electron chi connectivity index (χ2n) is 6.78. The van der Waals surface area contributed by atoms with Crippen molar-refractivity contribution in [2.45, 2.75) is 19.1 Å². The van der Waals surface area contributed by atoms with Crippen molar-refractivity contribution in [2.24, 2.45) is 0 Å². The van der Waals surface area contributed by atoms with Crippen LogP contribution in [0.25, 0.3) is 0 Å². The Morgan fingerprint density at radius 2 is 1.60 bits per heavy atom. The van der Waals surface area contributed by atoms with Gasteiger partial charge in [0.25, 0.3) is 5.56 Å². The normalized spacial score (nSPS) is 14.9. The summed E-state index contributed by atoms with van der Waals surface area (Å²) in [5.41, 5.74) is -1.69. The van der Waals surface area contributed by atoms with Crippen molar-refractivity contribution in [1.82, 2.24) is 14.4 Å². The third-order valence-electron chi connectivity index (χ3n) is 4.67. The molecule has 1 aromatic heterocycles. The van der Waals surface area contributed by atoms with Gasteiger partial charge in [-0.25, -0.2) is 4.79 Å². The molecule has 2 aromatic rings. The second kappa shape index (κ2) is 9.02. The van der Waals surface area contributed by atoms with Crippen molar-refractivity contribution in [3.05, 3.63) is 64.6 Å². The largest absolute Gasteiger partial charge is 0.417 e. The Morgan fingerprint density at radius 1 is 0.933 bits per heavy atom. The van der Waals surface area contributed by atoms with E-state index in [2.05, 4.69) is 0 Å². The number of hydrogen-bond acceptors (Lipinski definition) is 4. The predicted octanol–water partition coefficient (Wildman–Crippen LogP) is 2.60. The third-order valence-corrected chi connectivity index (χ3v) is 4.67. The number of amides is 2. The molecular weight excluding hydrogens is 403 g/mol. The lowest BCUT2D eigenvalue weighted by atomic mass is 10.2. The molecule has 1 aliphatic rings. The Bertz CT molecular complexity index is 960. The number of aromatic nitrogens is 1. The summed E-state index contributed by atoms with van der Waals surface area (Å²) in [6.07, 6.45) is -4.03. The number of rotatable bonds is 3. The van der Waals surface area contributed by atoms with Gasteiger partial charge in [-0.05, 0) is 24.6 Å². The van der Waals surface area contributed by atoms with Crippen molar-refractivity contribution in [3.63, 3.8) is 0 Å². The van der Waals surface area contributed by atoms with Crippen LogP contribution in [0.3, 0.4) is 0 Å². The predicted molar refractivity (Wildman–Crippen MR) is 101 cm³/mol.